The third kappa shape index (κ3) is 4.97. The highest BCUT2D eigenvalue weighted by atomic mass is 32.2. The number of hydrogen-bond acceptors (Lipinski definition) is 6. The van der Waals surface area contributed by atoms with Gasteiger partial charge in [-0.15, -0.1) is 0 Å². The summed E-state index contributed by atoms with van der Waals surface area (Å²) >= 11 is 0. The van der Waals surface area contributed by atoms with Gasteiger partial charge in [0.05, 0.1) is 29.7 Å². The van der Waals surface area contributed by atoms with Crippen molar-refractivity contribution >= 4 is 20.9 Å². The number of para-hydroxylation sites is 1. The first-order valence-electron chi connectivity index (χ1n) is 10.3. The smallest absolute Gasteiger partial charge is 0.325 e. The topological polar surface area (TPSA) is 128 Å². The number of nitrogens with zero attached hydrogens (tertiary/aromatic N) is 2. The molecule has 1 aromatic carbocycles. The Morgan fingerprint density at radius 3 is 2.68 bits per heavy atom. The maximum Gasteiger partial charge on any atom is 0.325 e. The maximum atomic E-state index is 12.6. The summed E-state index contributed by atoms with van der Waals surface area (Å²) in [6.45, 7) is 3.20. The van der Waals surface area contributed by atoms with Crippen molar-refractivity contribution in [1.29, 1.82) is 0 Å². The Bertz CT molecular complexity index is 1230. The summed E-state index contributed by atoms with van der Waals surface area (Å²) in [6, 6.07) is 9.99. The zero-order chi connectivity index (χ0) is 22.0. The molecule has 3 aromatic rings. The number of fused-ring (bicyclic) bond motifs is 1. The van der Waals surface area contributed by atoms with Gasteiger partial charge in [-0.1, -0.05) is 18.2 Å². The predicted molar refractivity (Wildman–Crippen MR) is 116 cm³/mol. The van der Waals surface area contributed by atoms with E-state index in [1.54, 1.807) is 0 Å². The lowest BCUT2D eigenvalue weighted by Gasteiger charge is -2.31. The number of imidazole rings is 1. The van der Waals surface area contributed by atoms with Gasteiger partial charge in [0, 0.05) is 30.6 Å². The quantitative estimate of drug-likeness (QED) is 0.508. The Morgan fingerprint density at radius 2 is 1.97 bits per heavy atom. The summed E-state index contributed by atoms with van der Waals surface area (Å²) < 4.78 is 32.9. The van der Waals surface area contributed by atoms with Gasteiger partial charge in [-0.3, -0.25) is 9.97 Å². The van der Waals surface area contributed by atoms with E-state index in [9.17, 15) is 18.3 Å². The molecule has 0 spiro atoms. The van der Waals surface area contributed by atoms with Crippen LogP contribution >= 0.6 is 0 Å². The number of ether oxygens (including phenoxy) is 1. The minimum atomic E-state index is -3.49. The lowest BCUT2D eigenvalue weighted by molar-refractivity contribution is 0.0107. The normalized spacial score (nSPS) is 16.2. The third-order valence-electron chi connectivity index (χ3n) is 5.59. The molecule has 0 unspecified atom stereocenters. The number of aryl methyl sites for hydroxylation is 2. The van der Waals surface area contributed by atoms with Crippen LogP contribution in [0.15, 0.2) is 35.1 Å². The minimum absolute atomic E-state index is 0.0104. The number of rotatable bonds is 7. The number of nitrogens with one attached hydrogen (secondary N) is 2. The molecule has 0 saturated carbocycles. The van der Waals surface area contributed by atoms with Gasteiger partial charge in [-0.05, 0) is 37.5 Å². The number of H-pyrrole nitrogens is 2. The molecule has 10 heteroatoms. The fourth-order valence-corrected chi connectivity index (χ4v) is 5.44. The number of aromatic hydroxyl groups is 1. The SMILES string of the molecule is Cc1cc(COC2CCN(S(=O)(=O)CCc3[nH]c(=O)[nH]c3O)CC2)c2ccccc2n1. The average Bonchev–Trinajstić information content (AvgIpc) is 3.07. The molecule has 0 atom stereocenters. The summed E-state index contributed by atoms with van der Waals surface area (Å²) in [5.41, 5.74) is 2.61. The van der Waals surface area contributed by atoms with Crippen LogP contribution < -0.4 is 5.69 Å². The van der Waals surface area contributed by atoms with Crippen molar-refractivity contribution in [2.75, 3.05) is 18.8 Å². The molecular weight excluding hydrogens is 420 g/mol. The molecule has 4 rings (SSSR count). The fourth-order valence-electron chi connectivity index (χ4n) is 3.95. The first kappa shape index (κ1) is 21.5. The highest BCUT2D eigenvalue weighted by Gasteiger charge is 2.28. The second-order valence-corrected chi connectivity index (χ2v) is 9.91. The van der Waals surface area contributed by atoms with E-state index in [0.717, 1.165) is 22.2 Å². The molecule has 0 amide bonds. The van der Waals surface area contributed by atoms with Crippen molar-refractivity contribution in [1.82, 2.24) is 19.3 Å². The Hall–Kier alpha value is -2.69. The molecule has 3 N–H and O–H groups in total. The van der Waals surface area contributed by atoms with E-state index in [2.05, 4.69) is 15.0 Å². The van der Waals surface area contributed by atoms with E-state index in [-0.39, 0.29) is 29.9 Å². The van der Waals surface area contributed by atoms with Crippen molar-refractivity contribution in [2.24, 2.45) is 0 Å². The van der Waals surface area contributed by atoms with Crippen LogP contribution in [0.5, 0.6) is 5.88 Å². The summed E-state index contributed by atoms with van der Waals surface area (Å²) in [6.07, 6.45) is 1.27. The molecule has 0 aliphatic carbocycles. The zero-order valence-corrected chi connectivity index (χ0v) is 18.1. The third-order valence-corrected chi connectivity index (χ3v) is 7.46. The van der Waals surface area contributed by atoms with E-state index in [1.165, 1.54) is 4.31 Å². The number of aromatic nitrogens is 3. The number of benzene rings is 1. The highest BCUT2D eigenvalue weighted by molar-refractivity contribution is 7.89. The van der Waals surface area contributed by atoms with E-state index in [1.807, 2.05) is 37.3 Å². The number of sulfonamides is 1. The molecule has 0 bridgehead atoms. The number of aromatic amines is 2. The second kappa shape index (κ2) is 8.81. The molecule has 31 heavy (non-hydrogen) atoms. The molecule has 9 nitrogen and oxygen atoms in total. The van der Waals surface area contributed by atoms with E-state index in [4.69, 9.17) is 4.74 Å². The lowest BCUT2D eigenvalue weighted by Crippen LogP contribution is -2.42. The van der Waals surface area contributed by atoms with E-state index in [0.29, 0.717) is 32.5 Å². The summed E-state index contributed by atoms with van der Waals surface area (Å²) in [7, 11) is -3.49. The van der Waals surface area contributed by atoms with Gasteiger partial charge in [0.2, 0.25) is 15.9 Å². The van der Waals surface area contributed by atoms with Gasteiger partial charge < -0.3 is 14.8 Å². The first-order valence-corrected chi connectivity index (χ1v) is 11.9. The predicted octanol–water partition coefficient (Wildman–Crippen LogP) is 1.82. The minimum Gasteiger partial charge on any atom is -0.493 e. The van der Waals surface area contributed by atoms with Crippen LogP contribution in [-0.2, 0) is 27.8 Å². The van der Waals surface area contributed by atoms with Gasteiger partial charge in [-0.2, -0.15) is 0 Å². The van der Waals surface area contributed by atoms with E-state index >= 15 is 0 Å². The Morgan fingerprint density at radius 1 is 1.23 bits per heavy atom. The number of pyridine rings is 1. The molecule has 1 saturated heterocycles. The molecule has 2 aromatic heterocycles. The van der Waals surface area contributed by atoms with Crippen LogP contribution in [0, 0.1) is 6.92 Å². The average molecular weight is 447 g/mol. The van der Waals surface area contributed by atoms with Gasteiger partial charge in [0.25, 0.3) is 0 Å². The number of hydrogen-bond donors (Lipinski definition) is 3. The van der Waals surface area contributed by atoms with Gasteiger partial charge in [-0.25, -0.2) is 17.5 Å². The molecule has 1 aliphatic heterocycles. The monoisotopic (exact) mass is 446 g/mol. The molecule has 1 fully saturated rings. The maximum absolute atomic E-state index is 12.6. The summed E-state index contributed by atoms with van der Waals surface area (Å²) in [4.78, 5) is 20.3. The Kier molecular flexibility index (Phi) is 6.12. The molecule has 0 radical (unpaired) electrons. The zero-order valence-electron chi connectivity index (χ0n) is 17.3. The van der Waals surface area contributed by atoms with Crippen molar-refractivity contribution in [3.8, 4) is 5.88 Å². The van der Waals surface area contributed by atoms with Crippen LogP contribution in [0.1, 0.15) is 29.8 Å². The van der Waals surface area contributed by atoms with Crippen LogP contribution in [0.25, 0.3) is 10.9 Å². The van der Waals surface area contributed by atoms with Crippen LogP contribution in [0.4, 0.5) is 0 Å². The van der Waals surface area contributed by atoms with Gasteiger partial charge in [0.15, 0.2) is 0 Å². The van der Waals surface area contributed by atoms with Crippen LogP contribution in [0.2, 0.25) is 0 Å². The first-order chi connectivity index (χ1) is 14.8. The largest absolute Gasteiger partial charge is 0.493 e. The van der Waals surface area contributed by atoms with Crippen molar-refractivity contribution < 1.29 is 18.3 Å². The second-order valence-electron chi connectivity index (χ2n) is 7.82. The Balaban J connectivity index is 1.32. The molecular formula is C21H26N4O5S. The highest BCUT2D eigenvalue weighted by Crippen LogP contribution is 2.23. The molecule has 166 valence electrons. The number of piperidine rings is 1. The Labute approximate surface area is 180 Å². The van der Waals surface area contributed by atoms with Crippen LogP contribution in [-0.4, -0.2) is 57.7 Å². The van der Waals surface area contributed by atoms with Crippen LogP contribution in [0.3, 0.4) is 0 Å². The molecule has 1 aliphatic rings. The van der Waals surface area contributed by atoms with Crippen molar-refractivity contribution in [2.45, 2.75) is 38.9 Å². The summed E-state index contributed by atoms with van der Waals surface area (Å²) in [5.74, 6) is -0.492. The van der Waals surface area contributed by atoms with E-state index < -0.39 is 15.7 Å². The van der Waals surface area contributed by atoms with Gasteiger partial charge in [0.1, 0.15) is 0 Å². The summed E-state index contributed by atoms with van der Waals surface area (Å²) in [5, 5.41) is 10.7. The lowest BCUT2D eigenvalue weighted by atomic mass is 10.1. The van der Waals surface area contributed by atoms with Crippen molar-refractivity contribution in [3.05, 3.63) is 57.8 Å². The van der Waals surface area contributed by atoms with Gasteiger partial charge >= 0.3 is 5.69 Å². The van der Waals surface area contributed by atoms with Crippen molar-refractivity contribution in [3.63, 3.8) is 0 Å². The molecule has 3 heterocycles. The standard InChI is InChI=1S/C21H26N4O5S/c1-14-12-15(17-4-2-3-5-18(17)22-14)13-30-16-6-9-25(10-7-16)31(28,29)11-8-19-20(26)24-21(27)23-19/h2-5,12,16,26H,6-11,13H2,1H3,(H2,23,24,27). The fraction of sp³-hybridized carbons (Fsp3) is 0.429.